The summed E-state index contributed by atoms with van der Waals surface area (Å²) in [6.45, 7) is 3.48. The minimum Gasteiger partial charge on any atom is -0.367 e. The highest BCUT2D eigenvalue weighted by molar-refractivity contribution is 7.10. The van der Waals surface area contributed by atoms with Crippen LogP contribution in [-0.2, 0) is 33.8 Å². The van der Waals surface area contributed by atoms with Crippen molar-refractivity contribution in [1.29, 1.82) is 0 Å². The number of nitrogens with one attached hydrogen (secondary N) is 1. The van der Waals surface area contributed by atoms with Crippen LogP contribution in [0, 0.1) is 6.92 Å². The summed E-state index contributed by atoms with van der Waals surface area (Å²) in [4.78, 5) is 32.9. The maximum absolute atomic E-state index is 12.8. The van der Waals surface area contributed by atoms with E-state index in [1.807, 2.05) is 71.9 Å². The average Bonchev–Trinajstić information content (AvgIpc) is 3.36. The molecule has 2 amide bonds. The maximum Gasteiger partial charge on any atom is 0.254 e. The van der Waals surface area contributed by atoms with E-state index < -0.39 is 6.10 Å². The lowest BCUT2D eigenvalue weighted by molar-refractivity contribution is -0.131. The largest absolute Gasteiger partial charge is 0.367 e. The molecule has 1 aliphatic rings. The van der Waals surface area contributed by atoms with Crippen LogP contribution in [0.3, 0.4) is 0 Å². The number of pyridine rings is 1. The molecule has 0 spiro atoms. The number of hydrogen-bond donors (Lipinski definition) is 1. The Bertz CT molecular complexity index is 1140. The molecule has 6 nitrogen and oxygen atoms in total. The van der Waals surface area contributed by atoms with Gasteiger partial charge in [0.1, 0.15) is 0 Å². The van der Waals surface area contributed by atoms with Crippen LogP contribution in [0.1, 0.15) is 38.9 Å². The van der Waals surface area contributed by atoms with Gasteiger partial charge in [0.05, 0.1) is 0 Å². The zero-order valence-corrected chi connectivity index (χ0v) is 19.6. The molecule has 1 N–H and O–H groups in total. The van der Waals surface area contributed by atoms with Gasteiger partial charge >= 0.3 is 0 Å². The van der Waals surface area contributed by atoms with Crippen molar-refractivity contribution in [2.75, 3.05) is 13.7 Å². The Hall–Kier alpha value is -3.29. The molecule has 3 aromatic rings. The number of aryl methyl sites for hydroxylation is 1. The normalized spacial score (nSPS) is 14.2. The molecule has 33 heavy (non-hydrogen) atoms. The van der Waals surface area contributed by atoms with E-state index in [1.165, 1.54) is 12.7 Å². The highest BCUT2D eigenvalue weighted by atomic mass is 32.1. The van der Waals surface area contributed by atoms with Crippen LogP contribution in [-0.4, -0.2) is 35.4 Å². The van der Waals surface area contributed by atoms with Gasteiger partial charge in [-0.2, -0.15) is 0 Å². The molecule has 0 radical (unpaired) electrons. The van der Waals surface area contributed by atoms with Gasteiger partial charge in [-0.15, -0.1) is 11.3 Å². The fourth-order valence-electron chi connectivity index (χ4n) is 4.08. The van der Waals surface area contributed by atoms with Crippen molar-refractivity contribution in [3.8, 4) is 0 Å². The summed E-state index contributed by atoms with van der Waals surface area (Å²) in [5.74, 6) is -0.192. The van der Waals surface area contributed by atoms with E-state index in [1.54, 1.807) is 17.4 Å². The summed E-state index contributed by atoms with van der Waals surface area (Å²) in [6, 6.07) is 13.4. The number of aromatic nitrogens is 1. The monoisotopic (exact) mass is 461 g/mol. The number of rotatable bonds is 7. The molecule has 0 fully saturated rings. The molecule has 1 atom stereocenters. The van der Waals surface area contributed by atoms with E-state index in [2.05, 4.69) is 10.3 Å². The number of carbonyl (C=O) groups is 2. The Morgan fingerprint density at radius 1 is 1.24 bits per heavy atom. The molecule has 4 rings (SSSR count). The van der Waals surface area contributed by atoms with E-state index in [-0.39, 0.29) is 11.8 Å². The summed E-state index contributed by atoms with van der Waals surface area (Å²) in [5.41, 5.74) is 4.92. The molecular weight excluding hydrogens is 434 g/mol. The van der Waals surface area contributed by atoms with Crippen molar-refractivity contribution in [3.63, 3.8) is 0 Å². The zero-order valence-electron chi connectivity index (χ0n) is 18.8. The molecule has 3 heterocycles. The van der Waals surface area contributed by atoms with E-state index in [0.717, 1.165) is 33.7 Å². The molecule has 0 saturated carbocycles. The predicted octanol–water partition coefficient (Wildman–Crippen LogP) is 4.05. The molecule has 1 aromatic carbocycles. The second-order valence-corrected chi connectivity index (χ2v) is 8.91. The molecule has 170 valence electrons. The molecule has 0 saturated heterocycles. The van der Waals surface area contributed by atoms with Crippen LogP contribution in [0.5, 0.6) is 0 Å². The minimum absolute atomic E-state index is 0.00437. The Morgan fingerprint density at radius 2 is 2.06 bits per heavy atom. The van der Waals surface area contributed by atoms with Crippen LogP contribution in [0.15, 0.2) is 60.1 Å². The number of amides is 2. The Morgan fingerprint density at radius 3 is 2.79 bits per heavy atom. The number of hydrogen-bond acceptors (Lipinski definition) is 5. The highest BCUT2D eigenvalue weighted by Crippen LogP contribution is 2.25. The first-order valence-electron chi connectivity index (χ1n) is 10.9. The second kappa shape index (κ2) is 10.6. The number of benzene rings is 1. The van der Waals surface area contributed by atoms with Crippen LogP contribution in [0.2, 0.25) is 0 Å². The Balaban J connectivity index is 1.44. The quantitative estimate of drug-likeness (QED) is 0.539. The topological polar surface area (TPSA) is 71.5 Å². The third-order valence-electron chi connectivity index (χ3n) is 5.86. The van der Waals surface area contributed by atoms with Crippen LogP contribution in [0.25, 0.3) is 6.08 Å². The predicted molar refractivity (Wildman–Crippen MR) is 129 cm³/mol. The van der Waals surface area contributed by atoms with Crippen molar-refractivity contribution < 1.29 is 14.3 Å². The second-order valence-electron chi connectivity index (χ2n) is 7.93. The molecule has 2 aromatic heterocycles. The zero-order chi connectivity index (χ0) is 23.2. The van der Waals surface area contributed by atoms with Gasteiger partial charge in [-0.25, -0.2) is 0 Å². The molecule has 1 aliphatic heterocycles. The smallest absolute Gasteiger partial charge is 0.254 e. The van der Waals surface area contributed by atoms with Crippen molar-refractivity contribution in [2.45, 2.75) is 32.5 Å². The van der Waals surface area contributed by atoms with Gasteiger partial charge in [0, 0.05) is 49.6 Å². The Labute approximate surface area is 197 Å². The average molecular weight is 462 g/mol. The van der Waals surface area contributed by atoms with Crippen LogP contribution >= 0.6 is 11.3 Å². The van der Waals surface area contributed by atoms with E-state index in [0.29, 0.717) is 19.6 Å². The molecule has 0 aliphatic carbocycles. The highest BCUT2D eigenvalue weighted by Gasteiger charge is 2.24. The number of nitrogens with zero attached hydrogens (tertiary/aromatic N) is 2. The Kier molecular flexibility index (Phi) is 7.32. The van der Waals surface area contributed by atoms with Gasteiger partial charge in [0.25, 0.3) is 5.91 Å². The lowest BCUT2D eigenvalue weighted by Gasteiger charge is -2.30. The van der Waals surface area contributed by atoms with Crippen molar-refractivity contribution in [1.82, 2.24) is 15.2 Å². The minimum atomic E-state index is -0.665. The summed E-state index contributed by atoms with van der Waals surface area (Å²) in [7, 11) is 1.53. The summed E-state index contributed by atoms with van der Waals surface area (Å²) >= 11 is 1.60. The lowest BCUT2D eigenvalue weighted by Crippen LogP contribution is -2.36. The van der Waals surface area contributed by atoms with Crippen LogP contribution < -0.4 is 5.32 Å². The van der Waals surface area contributed by atoms with Gasteiger partial charge in [-0.05, 0) is 53.1 Å². The maximum atomic E-state index is 12.8. The van der Waals surface area contributed by atoms with Gasteiger partial charge in [0.2, 0.25) is 5.91 Å². The van der Waals surface area contributed by atoms with E-state index >= 15 is 0 Å². The number of thiophene rings is 1. The number of ether oxygens (including phenoxy) is 1. The van der Waals surface area contributed by atoms with Crippen molar-refractivity contribution >= 4 is 29.2 Å². The number of methoxy groups -OCH3 is 1. The third-order valence-corrected chi connectivity index (χ3v) is 6.69. The summed E-state index contributed by atoms with van der Waals surface area (Å²) in [6.07, 6.45) is 5.40. The SMILES string of the molecule is COC(C(=O)NCc1c(C)ncc2c1CCN(C(=O)C=Cc1cccs1)C2)c1ccccc1. The molecule has 0 bridgehead atoms. The molecule has 7 heteroatoms. The third kappa shape index (κ3) is 5.38. The first-order chi connectivity index (χ1) is 16.1. The first-order valence-corrected chi connectivity index (χ1v) is 11.8. The van der Waals surface area contributed by atoms with Gasteiger partial charge in [-0.3, -0.25) is 14.6 Å². The number of carbonyl (C=O) groups excluding carboxylic acids is 2. The number of fused-ring (bicyclic) bond motifs is 1. The van der Waals surface area contributed by atoms with E-state index in [9.17, 15) is 9.59 Å². The standard InChI is InChI=1S/C26H27N3O3S/c1-18-23(16-28-26(31)25(32-2)19-7-4-3-5-8-19)22-12-13-29(17-20(22)15-27-18)24(30)11-10-21-9-6-14-33-21/h3-11,14-15,25H,12-13,16-17H2,1-2H3,(H,28,31). The summed E-state index contributed by atoms with van der Waals surface area (Å²) in [5, 5.41) is 5.01. The first kappa shape index (κ1) is 22.9. The molecular formula is C26H27N3O3S. The van der Waals surface area contributed by atoms with Gasteiger partial charge < -0.3 is 15.0 Å². The molecule has 1 unspecified atom stereocenters. The fourth-order valence-corrected chi connectivity index (χ4v) is 4.70. The van der Waals surface area contributed by atoms with E-state index in [4.69, 9.17) is 4.74 Å². The lowest BCUT2D eigenvalue weighted by atomic mass is 9.94. The van der Waals surface area contributed by atoms with Gasteiger partial charge in [-0.1, -0.05) is 36.4 Å². The van der Waals surface area contributed by atoms with Crippen molar-refractivity contribution in [3.05, 3.63) is 92.9 Å². The van der Waals surface area contributed by atoms with Crippen molar-refractivity contribution in [2.24, 2.45) is 0 Å². The fraction of sp³-hybridized carbons (Fsp3) is 0.269. The van der Waals surface area contributed by atoms with Gasteiger partial charge in [0.15, 0.2) is 6.10 Å². The summed E-state index contributed by atoms with van der Waals surface area (Å²) < 4.78 is 5.44. The van der Waals surface area contributed by atoms with Crippen LogP contribution in [0.4, 0.5) is 0 Å².